The summed E-state index contributed by atoms with van der Waals surface area (Å²) in [7, 11) is 1.37. The van der Waals surface area contributed by atoms with Crippen LogP contribution in [0, 0.1) is 13.8 Å². The molecule has 0 aliphatic carbocycles. The van der Waals surface area contributed by atoms with Crippen LogP contribution >= 0.6 is 11.8 Å². The zero-order valence-corrected chi connectivity index (χ0v) is 12.6. The molecule has 3 nitrogen and oxygen atoms in total. The molecule has 104 valence electrons. The number of methoxy groups -OCH3 is 1. The Labute approximate surface area is 123 Å². The van der Waals surface area contributed by atoms with E-state index < -0.39 is 0 Å². The summed E-state index contributed by atoms with van der Waals surface area (Å²) < 4.78 is 4.80. The van der Waals surface area contributed by atoms with Crippen LogP contribution in [-0.4, -0.2) is 13.1 Å². The molecule has 2 aromatic rings. The quantitative estimate of drug-likeness (QED) is 0.688. The van der Waals surface area contributed by atoms with Crippen LogP contribution in [0.3, 0.4) is 0 Å². The molecule has 0 aliphatic rings. The summed E-state index contributed by atoms with van der Waals surface area (Å²) in [5, 5.41) is 0. The summed E-state index contributed by atoms with van der Waals surface area (Å²) in [6, 6.07) is 11.5. The minimum Gasteiger partial charge on any atom is -0.465 e. The van der Waals surface area contributed by atoms with Crippen molar-refractivity contribution in [1.82, 2.24) is 0 Å². The lowest BCUT2D eigenvalue weighted by molar-refractivity contribution is 0.0597. The van der Waals surface area contributed by atoms with Crippen LogP contribution < -0.4 is 5.73 Å². The lowest BCUT2D eigenvalue weighted by atomic mass is 10.1. The fourth-order valence-electron chi connectivity index (χ4n) is 1.83. The molecule has 0 aromatic heterocycles. The first kappa shape index (κ1) is 14.5. The second-order valence-corrected chi connectivity index (χ2v) is 5.65. The SMILES string of the molecule is COC(=O)c1cccc(N)c1Sc1ccc(C)c(C)c1. The largest absolute Gasteiger partial charge is 0.465 e. The van der Waals surface area contributed by atoms with Crippen molar-refractivity contribution < 1.29 is 9.53 Å². The van der Waals surface area contributed by atoms with Crippen molar-refractivity contribution in [2.75, 3.05) is 12.8 Å². The Morgan fingerprint density at radius 3 is 2.55 bits per heavy atom. The Balaban J connectivity index is 2.42. The number of hydrogen-bond donors (Lipinski definition) is 1. The molecule has 0 amide bonds. The number of aryl methyl sites for hydroxylation is 2. The van der Waals surface area contributed by atoms with E-state index >= 15 is 0 Å². The molecular formula is C16H17NO2S. The summed E-state index contributed by atoms with van der Waals surface area (Å²) in [5.74, 6) is -0.372. The van der Waals surface area contributed by atoms with Crippen LogP contribution in [0.25, 0.3) is 0 Å². The van der Waals surface area contributed by atoms with Gasteiger partial charge in [-0.15, -0.1) is 0 Å². The number of anilines is 1. The number of rotatable bonds is 3. The number of benzene rings is 2. The average Bonchev–Trinajstić information content (AvgIpc) is 2.44. The number of esters is 1. The molecule has 2 aromatic carbocycles. The molecular weight excluding hydrogens is 270 g/mol. The second-order valence-electron chi connectivity index (χ2n) is 4.56. The highest BCUT2D eigenvalue weighted by Gasteiger charge is 2.15. The van der Waals surface area contributed by atoms with Crippen molar-refractivity contribution in [1.29, 1.82) is 0 Å². The maximum absolute atomic E-state index is 11.8. The average molecular weight is 287 g/mol. The van der Waals surface area contributed by atoms with Gasteiger partial charge in [-0.05, 0) is 49.2 Å². The first-order valence-corrected chi connectivity index (χ1v) is 7.06. The molecule has 0 unspecified atom stereocenters. The third-order valence-corrected chi connectivity index (χ3v) is 4.30. The summed E-state index contributed by atoms with van der Waals surface area (Å²) in [4.78, 5) is 13.6. The van der Waals surface area contributed by atoms with E-state index in [1.807, 2.05) is 6.07 Å². The van der Waals surface area contributed by atoms with Crippen molar-refractivity contribution in [2.45, 2.75) is 23.6 Å². The molecule has 2 N–H and O–H groups in total. The van der Waals surface area contributed by atoms with Crippen molar-refractivity contribution >= 4 is 23.4 Å². The van der Waals surface area contributed by atoms with E-state index in [0.29, 0.717) is 11.3 Å². The van der Waals surface area contributed by atoms with Crippen LogP contribution in [0.1, 0.15) is 21.5 Å². The van der Waals surface area contributed by atoms with Crippen LogP contribution in [0.5, 0.6) is 0 Å². The molecule has 4 heteroatoms. The second kappa shape index (κ2) is 6.01. The van der Waals surface area contributed by atoms with Crippen molar-refractivity contribution in [3.63, 3.8) is 0 Å². The summed E-state index contributed by atoms with van der Waals surface area (Å²) in [6.07, 6.45) is 0. The fourth-order valence-corrected chi connectivity index (χ4v) is 2.89. The Bertz CT molecular complexity index is 653. The zero-order chi connectivity index (χ0) is 14.7. The molecule has 0 radical (unpaired) electrons. The van der Waals surface area contributed by atoms with Gasteiger partial charge in [0.05, 0.1) is 12.7 Å². The van der Waals surface area contributed by atoms with Crippen LogP contribution in [0.4, 0.5) is 5.69 Å². The van der Waals surface area contributed by atoms with E-state index in [1.54, 1.807) is 18.2 Å². The van der Waals surface area contributed by atoms with E-state index in [0.717, 1.165) is 9.79 Å². The number of carbonyl (C=O) groups excluding carboxylic acids is 1. The standard InChI is InChI=1S/C16H17NO2S/c1-10-7-8-12(9-11(10)2)20-15-13(16(18)19-3)5-4-6-14(15)17/h4-9H,17H2,1-3H3. The molecule has 0 fully saturated rings. The monoisotopic (exact) mass is 287 g/mol. The van der Waals surface area contributed by atoms with Crippen molar-refractivity contribution in [3.05, 3.63) is 53.1 Å². The fraction of sp³-hybridized carbons (Fsp3) is 0.188. The highest BCUT2D eigenvalue weighted by atomic mass is 32.2. The van der Waals surface area contributed by atoms with E-state index in [1.165, 1.54) is 30.0 Å². The third-order valence-electron chi connectivity index (χ3n) is 3.15. The Morgan fingerprint density at radius 1 is 1.15 bits per heavy atom. The molecule has 0 heterocycles. The Morgan fingerprint density at radius 2 is 1.90 bits per heavy atom. The van der Waals surface area contributed by atoms with Gasteiger partial charge in [0.25, 0.3) is 0 Å². The number of hydrogen-bond acceptors (Lipinski definition) is 4. The predicted molar refractivity (Wildman–Crippen MR) is 82.2 cm³/mol. The predicted octanol–water partition coefficient (Wildman–Crippen LogP) is 3.82. The van der Waals surface area contributed by atoms with Gasteiger partial charge in [-0.25, -0.2) is 4.79 Å². The molecule has 0 aliphatic heterocycles. The highest BCUT2D eigenvalue weighted by Crippen LogP contribution is 2.35. The molecule has 0 atom stereocenters. The normalized spacial score (nSPS) is 10.3. The first-order chi connectivity index (χ1) is 9.52. The zero-order valence-electron chi connectivity index (χ0n) is 11.8. The highest BCUT2D eigenvalue weighted by molar-refractivity contribution is 7.99. The number of nitrogen functional groups attached to an aromatic ring is 1. The molecule has 0 spiro atoms. The Hall–Kier alpha value is -1.94. The number of nitrogens with two attached hydrogens (primary N) is 1. The van der Waals surface area contributed by atoms with Gasteiger partial charge in [-0.3, -0.25) is 0 Å². The molecule has 0 bridgehead atoms. The van der Waals surface area contributed by atoms with Gasteiger partial charge in [0.2, 0.25) is 0 Å². The molecule has 20 heavy (non-hydrogen) atoms. The smallest absolute Gasteiger partial charge is 0.339 e. The van der Waals surface area contributed by atoms with Gasteiger partial charge >= 0.3 is 5.97 Å². The molecule has 2 rings (SSSR count). The molecule has 0 saturated carbocycles. The van der Waals surface area contributed by atoms with Crippen LogP contribution in [-0.2, 0) is 4.74 Å². The first-order valence-electron chi connectivity index (χ1n) is 6.25. The van der Waals surface area contributed by atoms with Gasteiger partial charge in [0.15, 0.2) is 0 Å². The van der Waals surface area contributed by atoms with E-state index in [2.05, 4.69) is 26.0 Å². The maximum Gasteiger partial charge on any atom is 0.339 e. The maximum atomic E-state index is 11.8. The third kappa shape index (κ3) is 2.96. The van der Waals surface area contributed by atoms with Gasteiger partial charge in [-0.2, -0.15) is 0 Å². The number of ether oxygens (including phenoxy) is 1. The van der Waals surface area contributed by atoms with Crippen molar-refractivity contribution in [2.24, 2.45) is 0 Å². The van der Waals surface area contributed by atoms with Crippen LogP contribution in [0.15, 0.2) is 46.2 Å². The van der Waals surface area contributed by atoms with Gasteiger partial charge in [-0.1, -0.05) is 23.9 Å². The van der Waals surface area contributed by atoms with Crippen LogP contribution in [0.2, 0.25) is 0 Å². The Kier molecular flexibility index (Phi) is 4.35. The summed E-state index contributed by atoms with van der Waals surface area (Å²) in [5.41, 5.74) is 9.53. The van der Waals surface area contributed by atoms with Crippen molar-refractivity contribution in [3.8, 4) is 0 Å². The van der Waals surface area contributed by atoms with E-state index in [9.17, 15) is 4.79 Å². The minimum absolute atomic E-state index is 0.372. The van der Waals surface area contributed by atoms with Gasteiger partial charge in [0, 0.05) is 15.5 Å². The van der Waals surface area contributed by atoms with Gasteiger partial charge < -0.3 is 10.5 Å². The van der Waals surface area contributed by atoms with E-state index in [-0.39, 0.29) is 5.97 Å². The van der Waals surface area contributed by atoms with Gasteiger partial charge in [0.1, 0.15) is 0 Å². The lowest BCUT2D eigenvalue weighted by Gasteiger charge is -2.11. The summed E-state index contributed by atoms with van der Waals surface area (Å²) >= 11 is 1.48. The molecule has 0 saturated heterocycles. The lowest BCUT2D eigenvalue weighted by Crippen LogP contribution is -2.05. The minimum atomic E-state index is -0.372. The topological polar surface area (TPSA) is 52.3 Å². The summed E-state index contributed by atoms with van der Waals surface area (Å²) in [6.45, 7) is 4.13. The number of carbonyl (C=O) groups is 1. The van der Waals surface area contributed by atoms with E-state index in [4.69, 9.17) is 10.5 Å².